The second-order valence-corrected chi connectivity index (χ2v) is 5.72. The van der Waals surface area contributed by atoms with Gasteiger partial charge in [0, 0.05) is 5.69 Å². The van der Waals surface area contributed by atoms with Gasteiger partial charge in [-0.15, -0.1) is 0 Å². The smallest absolute Gasteiger partial charge is 0.238 e. The third-order valence-corrected chi connectivity index (χ3v) is 3.93. The molecule has 0 atom stereocenters. The Balaban J connectivity index is 1.88. The Morgan fingerprint density at radius 1 is 1.50 bits per heavy atom. The molecule has 0 aliphatic carbocycles. The number of halogens is 1. The number of nitriles is 1. The van der Waals surface area contributed by atoms with Crippen molar-refractivity contribution in [3.63, 3.8) is 0 Å². The van der Waals surface area contributed by atoms with Crippen LogP contribution in [0.2, 0.25) is 5.02 Å². The zero-order valence-electron chi connectivity index (χ0n) is 11.5. The predicted octanol–water partition coefficient (Wildman–Crippen LogP) is 2.88. The molecular formula is C15H18ClN3O. The van der Waals surface area contributed by atoms with Crippen LogP contribution in [0.3, 0.4) is 0 Å². The van der Waals surface area contributed by atoms with E-state index in [1.807, 2.05) is 6.07 Å². The highest BCUT2D eigenvalue weighted by molar-refractivity contribution is 6.32. The summed E-state index contributed by atoms with van der Waals surface area (Å²) in [5.41, 5.74) is 1.04. The van der Waals surface area contributed by atoms with Crippen LogP contribution in [0.4, 0.5) is 5.69 Å². The SMILES string of the molecule is CC1CCN(CC(=O)Nc2ccc(C#N)c(Cl)c2)CC1. The fourth-order valence-electron chi connectivity index (χ4n) is 2.31. The van der Waals surface area contributed by atoms with E-state index in [4.69, 9.17) is 16.9 Å². The number of nitrogens with zero attached hydrogens (tertiary/aromatic N) is 2. The van der Waals surface area contributed by atoms with Crippen LogP contribution < -0.4 is 5.32 Å². The molecule has 1 aromatic carbocycles. The molecule has 0 aromatic heterocycles. The van der Waals surface area contributed by atoms with E-state index in [2.05, 4.69) is 17.1 Å². The van der Waals surface area contributed by atoms with Crippen LogP contribution in [0.15, 0.2) is 18.2 Å². The molecule has 1 aliphatic heterocycles. The molecule has 1 fully saturated rings. The topological polar surface area (TPSA) is 56.1 Å². The van der Waals surface area contributed by atoms with Crippen molar-refractivity contribution in [3.8, 4) is 6.07 Å². The molecule has 1 aromatic rings. The third-order valence-electron chi connectivity index (χ3n) is 3.62. The normalized spacial score (nSPS) is 16.6. The van der Waals surface area contributed by atoms with E-state index >= 15 is 0 Å². The highest BCUT2D eigenvalue weighted by Gasteiger charge is 2.18. The summed E-state index contributed by atoms with van der Waals surface area (Å²) in [6.07, 6.45) is 2.30. The monoisotopic (exact) mass is 291 g/mol. The molecule has 1 N–H and O–H groups in total. The van der Waals surface area contributed by atoms with Crippen LogP contribution in [-0.2, 0) is 4.79 Å². The fraction of sp³-hybridized carbons (Fsp3) is 0.467. The van der Waals surface area contributed by atoms with E-state index in [0.29, 0.717) is 22.8 Å². The van der Waals surface area contributed by atoms with Crippen LogP contribution in [-0.4, -0.2) is 30.4 Å². The summed E-state index contributed by atoms with van der Waals surface area (Å²) in [4.78, 5) is 14.1. The van der Waals surface area contributed by atoms with Crippen LogP contribution in [0, 0.1) is 17.2 Å². The minimum absolute atomic E-state index is 0.0414. The number of hydrogen-bond donors (Lipinski definition) is 1. The Hall–Kier alpha value is -1.57. The van der Waals surface area contributed by atoms with E-state index in [1.165, 1.54) is 0 Å². The lowest BCUT2D eigenvalue weighted by Gasteiger charge is -2.29. The van der Waals surface area contributed by atoms with Gasteiger partial charge in [0.05, 0.1) is 17.1 Å². The molecule has 106 valence electrons. The maximum absolute atomic E-state index is 12.0. The highest BCUT2D eigenvalue weighted by Crippen LogP contribution is 2.20. The molecule has 1 aliphatic rings. The lowest BCUT2D eigenvalue weighted by molar-refractivity contribution is -0.117. The molecule has 1 heterocycles. The number of nitrogens with one attached hydrogen (secondary N) is 1. The zero-order valence-corrected chi connectivity index (χ0v) is 12.3. The fourth-order valence-corrected chi connectivity index (χ4v) is 2.53. The number of rotatable bonds is 3. The second-order valence-electron chi connectivity index (χ2n) is 5.31. The number of anilines is 1. The first-order valence-electron chi connectivity index (χ1n) is 6.80. The number of piperidine rings is 1. The lowest BCUT2D eigenvalue weighted by atomic mass is 9.99. The van der Waals surface area contributed by atoms with Gasteiger partial charge < -0.3 is 5.32 Å². The summed E-state index contributed by atoms with van der Waals surface area (Å²) in [6, 6.07) is 6.91. The van der Waals surface area contributed by atoms with E-state index in [-0.39, 0.29) is 5.91 Å². The number of amides is 1. The Bertz CT molecular complexity index is 530. The van der Waals surface area contributed by atoms with E-state index in [0.717, 1.165) is 31.8 Å². The van der Waals surface area contributed by atoms with Crippen molar-refractivity contribution in [1.82, 2.24) is 4.90 Å². The first-order valence-corrected chi connectivity index (χ1v) is 7.18. The minimum Gasteiger partial charge on any atom is -0.325 e. The summed E-state index contributed by atoms with van der Waals surface area (Å²) in [5.74, 6) is 0.715. The standard InChI is InChI=1S/C15H18ClN3O/c1-11-4-6-19(7-5-11)10-15(20)18-13-3-2-12(9-17)14(16)8-13/h2-3,8,11H,4-7,10H2,1H3,(H,18,20). The van der Waals surface area contributed by atoms with Crippen LogP contribution in [0.25, 0.3) is 0 Å². The lowest BCUT2D eigenvalue weighted by Crippen LogP contribution is -2.38. The number of carbonyl (C=O) groups excluding carboxylic acids is 1. The van der Waals surface area contributed by atoms with E-state index in [9.17, 15) is 4.79 Å². The van der Waals surface area contributed by atoms with Crippen LogP contribution in [0.1, 0.15) is 25.3 Å². The van der Waals surface area contributed by atoms with Gasteiger partial charge in [-0.25, -0.2) is 0 Å². The summed E-state index contributed by atoms with van der Waals surface area (Å²) >= 11 is 5.94. The first kappa shape index (κ1) is 14.8. The predicted molar refractivity (Wildman–Crippen MR) is 79.6 cm³/mol. The Kier molecular flexibility index (Phi) is 4.99. The molecule has 0 spiro atoms. The van der Waals surface area contributed by atoms with E-state index in [1.54, 1.807) is 18.2 Å². The Morgan fingerprint density at radius 3 is 2.80 bits per heavy atom. The first-order chi connectivity index (χ1) is 9.58. The van der Waals surface area contributed by atoms with Gasteiger partial charge in [-0.05, 0) is 50.0 Å². The van der Waals surface area contributed by atoms with Crippen molar-refractivity contribution in [3.05, 3.63) is 28.8 Å². The number of carbonyl (C=O) groups is 1. The van der Waals surface area contributed by atoms with Crippen molar-refractivity contribution in [2.45, 2.75) is 19.8 Å². The van der Waals surface area contributed by atoms with Gasteiger partial charge in [0.15, 0.2) is 0 Å². The molecule has 0 radical (unpaired) electrons. The van der Waals surface area contributed by atoms with Gasteiger partial charge in [-0.1, -0.05) is 18.5 Å². The molecular weight excluding hydrogens is 274 g/mol. The molecule has 0 saturated carbocycles. The highest BCUT2D eigenvalue weighted by atomic mass is 35.5. The minimum atomic E-state index is -0.0414. The summed E-state index contributed by atoms with van der Waals surface area (Å²) in [7, 11) is 0. The summed E-state index contributed by atoms with van der Waals surface area (Å²) in [6.45, 7) is 4.60. The molecule has 1 saturated heterocycles. The zero-order chi connectivity index (χ0) is 14.5. The van der Waals surface area contributed by atoms with Gasteiger partial charge in [0.25, 0.3) is 0 Å². The molecule has 4 nitrogen and oxygen atoms in total. The maximum Gasteiger partial charge on any atom is 0.238 e. The molecule has 0 bridgehead atoms. The average Bonchev–Trinajstić information content (AvgIpc) is 2.41. The number of hydrogen-bond acceptors (Lipinski definition) is 3. The quantitative estimate of drug-likeness (QED) is 0.931. The molecule has 2 rings (SSSR count). The van der Waals surface area contributed by atoms with E-state index < -0.39 is 0 Å². The molecule has 0 unspecified atom stereocenters. The Morgan fingerprint density at radius 2 is 2.20 bits per heavy atom. The molecule has 1 amide bonds. The van der Waals surface area contributed by atoms with Gasteiger partial charge in [0.1, 0.15) is 6.07 Å². The van der Waals surface area contributed by atoms with Crippen molar-refractivity contribution < 1.29 is 4.79 Å². The van der Waals surface area contributed by atoms with Gasteiger partial charge >= 0.3 is 0 Å². The van der Waals surface area contributed by atoms with Crippen LogP contribution >= 0.6 is 11.6 Å². The molecule has 20 heavy (non-hydrogen) atoms. The summed E-state index contributed by atoms with van der Waals surface area (Å²) < 4.78 is 0. The van der Waals surface area contributed by atoms with Crippen LogP contribution in [0.5, 0.6) is 0 Å². The third kappa shape index (κ3) is 3.96. The number of likely N-dealkylation sites (tertiary alicyclic amines) is 1. The van der Waals surface area contributed by atoms with Crippen molar-refractivity contribution in [2.75, 3.05) is 25.0 Å². The van der Waals surface area contributed by atoms with Crippen molar-refractivity contribution in [1.29, 1.82) is 5.26 Å². The van der Waals surface area contributed by atoms with Gasteiger partial charge in [-0.3, -0.25) is 9.69 Å². The van der Waals surface area contributed by atoms with Crippen molar-refractivity contribution in [2.24, 2.45) is 5.92 Å². The molecule has 5 heteroatoms. The average molecular weight is 292 g/mol. The maximum atomic E-state index is 12.0. The van der Waals surface area contributed by atoms with Gasteiger partial charge in [0.2, 0.25) is 5.91 Å². The van der Waals surface area contributed by atoms with Crippen molar-refractivity contribution >= 4 is 23.2 Å². The van der Waals surface area contributed by atoms with Gasteiger partial charge in [-0.2, -0.15) is 5.26 Å². The Labute approximate surface area is 124 Å². The number of benzene rings is 1. The largest absolute Gasteiger partial charge is 0.325 e. The summed E-state index contributed by atoms with van der Waals surface area (Å²) in [5, 5.41) is 12.0. The second kappa shape index (κ2) is 6.74.